The summed E-state index contributed by atoms with van der Waals surface area (Å²) in [5, 5.41) is 0. The van der Waals surface area contributed by atoms with Crippen molar-refractivity contribution >= 4 is 5.91 Å². The molecular formula is C20H23NO4. The van der Waals surface area contributed by atoms with Gasteiger partial charge in [-0.3, -0.25) is 4.79 Å². The number of hydrogen-bond donors (Lipinski definition) is 0. The molecule has 0 radical (unpaired) electrons. The van der Waals surface area contributed by atoms with Crippen LogP contribution in [0.25, 0.3) is 0 Å². The molecule has 5 nitrogen and oxygen atoms in total. The predicted molar refractivity (Wildman–Crippen MR) is 95.8 cm³/mol. The van der Waals surface area contributed by atoms with E-state index >= 15 is 0 Å². The number of ether oxygens (including phenoxy) is 3. The molecule has 1 atom stereocenters. The fourth-order valence-electron chi connectivity index (χ4n) is 3.21. The average molecular weight is 341 g/mol. The van der Waals surface area contributed by atoms with Gasteiger partial charge in [-0.05, 0) is 36.2 Å². The highest BCUT2D eigenvalue weighted by molar-refractivity contribution is 5.95. The summed E-state index contributed by atoms with van der Waals surface area (Å²) in [5.74, 6) is 2.44. The first-order valence-electron chi connectivity index (χ1n) is 8.31. The van der Waals surface area contributed by atoms with Gasteiger partial charge in [-0.2, -0.15) is 0 Å². The summed E-state index contributed by atoms with van der Waals surface area (Å²) in [6, 6.07) is 13.4. The standard InChI is InChI=1S/C20H23NO4/c1-23-17-6-4-14(5-7-17)15-8-9-21(13-15)20(22)16-10-18(24-2)12-19(11-16)25-3/h4-7,10-12,15H,8-9,13H2,1-3H3. The van der Waals surface area contributed by atoms with E-state index in [0.717, 1.165) is 18.7 Å². The number of nitrogens with zero attached hydrogens (tertiary/aromatic N) is 1. The van der Waals surface area contributed by atoms with Crippen molar-refractivity contribution in [1.29, 1.82) is 0 Å². The zero-order chi connectivity index (χ0) is 17.8. The lowest BCUT2D eigenvalue weighted by atomic mass is 9.98. The highest BCUT2D eigenvalue weighted by atomic mass is 16.5. The summed E-state index contributed by atoms with van der Waals surface area (Å²) in [4.78, 5) is 14.7. The first-order chi connectivity index (χ1) is 12.1. The van der Waals surface area contributed by atoms with E-state index in [4.69, 9.17) is 14.2 Å². The predicted octanol–water partition coefficient (Wildman–Crippen LogP) is 3.34. The third kappa shape index (κ3) is 3.71. The first-order valence-corrected chi connectivity index (χ1v) is 8.31. The molecule has 1 aliphatic heterocycles. The Morgan fingerprint density at radius 2 is 1.52 bits per heavy atom. The van der Waals surface area contributed by atoms with Crippen molar-refractivity contribution < 1.29 is 19.0 Å². The Bertz CT molecular complexity index is 720. The lowest BCUT2D eigenvalue weighted by molar-refractivity contribution is 0.0790. The smallest absolute Gasteiger partial charge is 0.254 e. The maximum Gasteiger partial charge on any atom is 0.254 e. The van der Waals surface area contributed by atoms with Crippen LogP contribution in [0.5, 0.6) is 17.2 Å². The van der Waals surface area contributed by atoms with Crippen molar-refractivity contribution in [2.45, 2.75) is 12.3 Å². The van der Waals surface area contributed by atoms with Gasteiger partial charge in [0.2, 0.25) is 0 Å². The van der Waals surface area contributed by atoms with Crippen LogP contribution in [0.2, 0.25) is 0 Å². The van der Waals surface area contributed by atoms with Crippen LogP contribution in [0.4, 0.5) is 0 Å². The van der Waals surface area contributed by atoms with Gasteiger partial charge in [-0.1, -0.05) is 12.1 Å². The molecule has 0 N–H and O–H groups in total. The van der Waals surface area contributed by atoms with Gasteiger partial charge in [0, 0.05) is 30.6 Å². The van der Waals surface area contributed by atoms with Gasteiger partial charge < -0.3 is 19.1 Å². The Balaban J connectivity index is 1.73. The van der Waals surface area contributed by atoms with E-state index < -0.39 is 0 Å². The Hall–Kier alpha value is -2.69. The minimum absolute atomic E-state index is 0.00760. The van der Waals surface area contributed by atoms with Crippen LogP contribution in [0.1, 0.15) is 28.3 Å². The lowest BCUT2D eigenvalue weighted by Crippen LogP contribution is -2.28. The van der Waals surface area contributed by atoms with E-state index in [1.54, 1.807) is 39.5 Å². The normalized spacial score (nSPS) is 16.6. The Labute approximate surface area is 148 Å². The quantitative estimate of drug-likeness (QED) is 0.837. The molecule has 0 bridgehead atoms. The van der Waals surface area contributed by atoms with E-state index in [1.165, 1.54) is 5.56 Å². The second-order valence-electron chi connectivity index (χ2n) is 6.11. The Morgan fingerprint density at radius 3 is 2.08 bits per heavy atom. The largest absolute Gasteiger partial charge is 0.497 e. The number of likely N-dealkylation sites (tertiary alicyclic amines) is 1. The van der Waals surface area contributed by atoms with E-state index in [2.05, 4.69) is 12.1 Å². The second-order valence-corrected chi connectivity index (χ2v) is 6.11. The zero-order valence-electron chi connectivity index (χ0n) is 14.8. The van der Waals surface area contributed by atoms with Crippen LogP contribution >= 0.6 is 0 Å². The first kappa shape index (κ1) is 17.1. The van der Waals surface area contributed by atoms with Crippen molar-refractivity contribution in [2.24, 2.45) is 0 Å². The van der Waals surface area contributed by atoms with Crippen LogP contribution < -0.4 is 14.2 Å². The SMILES string of the molecule is COc1ccc(C2CCN(C(=O)c3cc(OC)cc(OC)c3)C2)cc1. The van der Waals surface area contributed by atoms with Gasteiger partial charge >= 0.3 is 0 Å². The summed E-state index contributed by atoms with van der Waals surface area (Å²) in [6.07, 6.45) is 0.958. The molecule has 0 saturated carbocycles. The van der Waals surface area contributed by atoms with Gasteiger partial charge in [0.1, 0.15) is 17.2 Å². The molecular weight excluding hydrogens is 318 g/mol. The topological polar surface area (TPSA) is 48.0 Å². The second kappa shape index (κ2) is 7.47. The summed E-state index contributed by atoms with van der Waals surface area (Å²) >= 11 is 0. The van der Waals surface area contributed by atoms with E-state index in [-0.39, 0.29) is 5.91 Å². The minimum atomic E-state index is 0.00760. The van der Waals surface area contributed by atoms with Crippen LogP contribution in [0.3, 0.4) is 0 Å². The Morgan fingerprint density at radius 1 is 0.920 bits per heavy atom. The number of hydrogen-bond acceptors (Lipinski definition) is 4. The van der Waals surface area contributed by atoms with Gasteiger partial charge in [0.25, 0.3) is 5.91 Å². The molecule has 25 heavy (non-hydrogen) atoms. The number of carbonyl (C=O) groups excluding carboxylic acids is 1. The molecule has 1 aliphatic rings. The van der Waals surface area contributed by atoms with Crippen LogP contribution in [0, 0.1) is 0 Å². The molecule has 0 spiro atoms. The molecule has 3 rings (SSSR count). The minimum Gasteiger partial charge on any atom is -0.497 e. The Kier molecular flexibility index (Phi) is 5.12. The van der Waals surface area contributed by atoms with E-state index in [9.17, 15) is 4.79 Å². The van der Waals surface area contributed by atoms with Gasteiger partial charge in [0.05, 0.1) is 21.3 Å². The van der Waals surface area contributed by atoms with E-state index in [0.29, 0.717) is 29.5 Å². The van der Waals surface area contributed by atoms with Gasteiger partial charge in [-0.15, -0.1) is 0 Å². The monoisotopic (exact) mass is 341 g/mol. The highest BCUT2D eigenvalue weighted by Crippen LogP contribution is 2.30. The van der Waals surface area contributed by atoms with Crippen molar-refractivity contribution in [3.8, 4) is 17.2 Å². The molecule has 1 amide bonds. The summed E-state index contributed by atoms with van der Waals surface area (Å²) < 4.78 is 15.7. The fourth-order valence-corrected chi connectivity index (χ4v) is 3.21. The number of rotatable bonds is 5. The molecule has 132 valence electrons. The van der Waals surface area contributed by atoms with Crippen LogP contribution in [0.15, 0.2) is 42.5 Å². The number of methoxy groups -OCH3 is 3. The molecule has 1 unspecified atom stereocenters. The van der Waals surface area contributed by atoms with Gasteiger partial charge in [-0.25, -0.2) is 0 Å². The maximum atomic E-state index is 12.9. The highest BCUT2D eigenvalue weighted by Gasteiger charge is 2.28. The van der Waals surface area contributed by atoms with Crippen molar-refractivity contribution in [2.75, 3.05) is 34.4 Å². The summed E-state index contributed by atoms with van der Waals surface area (Å²) in [7, 11) is 4.82. The third-order valence-corrected chi connectivity index (χ3v) is 4.66. The van der Waals surface area contributed by atoms with E-state index in [1.807, 2.05) is 17.0 Å². The molecule has 0 aromatic heterocycles. The summed E-state index contributed by atoms with van der Waals surface area (Å²) in [5.41, 5.74) is 1.82. The van der Waals surface area contributed by atoms with Crippen molar-refractivity contribution in [1.82, 2.24) is 4.90 Å². The molecule has 0 aliphatic carbocycles. The van der Waals surface area contributed by atoms with Gasteiger partial charge in [0.15, 0.2) is 0 Å². The van der Waals surface area contributed by atoms with Crippen LogP contribution in [-0.4, -0.2) is 45.2 Å². The third-order valence-electron chi connectivity index (χ3n) is 4.66. The summed E-state index contributed by atoms with van der Waals surface area (Å²) in [6.45, 7) is 1.46. The molecule has 1 saturated heterocycles. The number of carbonyl (C=O) groups is 1. The van der Waals surface area contributed by atoms with Crippen molar-refractivity contribution in [3.05, 3.63) is 53.6 Å². The average Bonchev–Trinajstić information content (AvgIpc) is 3.17. The number of benzene rings is 2. The number of amides is 1. The molecule has 5 heteroatoms. The van der Waals surface area contributed by atoms with Crippen molar-refractivity contribution in [3.63, 3.8) is 0 Å². The zero-order valence-corrected chi connectivity index (χ0v) is 14.8. The maximum absolute atomic E-state index is 12.9. The molecule has 1 heterocycles. The molecule has 2 aromatic rings. The van der Waals surface area contributed by atoms with Crippen LogP contribution in [-0.2, 0) is 0 Å². The molecule has 2 aromatic carbocycles. The fraction of sp³-hybridized carbons (Fsp3) is 0.350. The molecule has 1 fully saturated rings. The lowest BCUT2D eigenvalue weighted by Gasteiger charge is -2.18.